The van der Waals surface area contributed by atoms with Gasteiger partial charge in [0.2, 0.25) is 5.91 Å². The van der Waals surface area contributed by atoms with E-state index in [4.69, 9.17) is 9.47 Å². The zero-order valence-corrected chi connectivity index (χ0v) is 18.3. The highest BCUT2D eigenvalue weighted by atomic mass is 32.2. The van der Waals surface area contributed by atoms with Gasteiger partial charge >= 0.3 is 6.18 Å². The Morgan fingerprint density at radius 2 is 1.74 bits per heavy atom. The Morgan fingerprint density at radius 1 is 1.10 bits per heavy atom. The topological polar surface area (TPSA) is 60.5 Å². The number of amides is 1. The molecule has 0 aliphatic carbocycles. The number of benzene rings is 2. The van der Waals surface area contributed by atoms with Crippen molar-refractivity contribution in [3.63, 3.8) is 0 Å². The van der Waals surface area contributed by atoms with Crippen molar-refractivity contribution in [2.75, 3.05) is 19.5 Å². The zero-order valence-electron chi connectivity index (χ0n) is 16.7. The average Bonchev–Trinajstić information content (AvgIpc) is 3.18. The van der Waals surface area contributed by atoms with E-state index < -0.39 is 11.7 Å². The van der Waals surface area contributed by atoms with Gasteiger partial charge in [0, 0.05) is 22.9 Å². The molecule has 3 rings (SSSR count). The summed E-state index contributed by atoms with van der Waals surface area (Å²) >= 11 is 2.95. The molecule has 0 atom stereocenters. The molecule has 10 heteroatoms. The van der Waals surface area contributed by atoms with Gasteiger partial charge in [-0.3, -0.25) is 4.79 Å². The Balaban J connectivity index is 1.54. The first kappa shape index (κ1) is 23.0. The second-order valence-electron chi connectivity index (χ2n) is 6.41. The molecule has 1 heterocycles. The van der Waals surface area contributed by atoms with Gasteiger partial charge in [-0.2, -0.15) is 13.2 Å². The van der Waals surface area contributed by atoms with Crippen LogP contribution in [0.15, 0.2) is 52.2 Å². The minimum Gasteiger partial charge on any atom is -0.497 e. The number of carbonyl (C=O) groups excluding carboxylic acids is 1. The number of hydrogen-bond donors (Lipinski definition) is 1. The van der Waals surface area contributed by atoms with Crippen molar-refractivity contribution in [3.8, 4) is 11.5 Å². The van der Waals surface area contributed by atoms with E-state index in [0.29, 0.717) is 28.6 Å². The highest BCUT2D eigenvalue weighted by Crippen LogP contribution is 2.31. The number of halogens is 3. The Hall–Kier alpha value is -2.72. The van der Waals surface area contributed by atoms with E-state index in [1.807, 2.05) is 12.1 Å². The fraction of sp³-hybridized carbons (Fsp3) is 0.238. The number of ether oxygens (including phenoxy) is 2. The Morgan fingerprint density at radius 3 is 2.32 bits per heavy atom. The SMILES string of the molecule is COc1cc(CSc2nc(CC(=O)Nc3ccc(C(F)(F)F)cc3)cs2)cc(OC)c1. The summed E-state index contributed by atoms with van der Waals surface area (Å²) in [5.74, 6) is 1.71. The van der Waals surface area contributed by atoms with Crippen molar-refractivity contribution in [3.05, 3.63) is 64.7 Å². The van der Waals surface area contributed by atoms with E-state index in [2.05, 4.69) is 10.3 Å². The molecule has 5 nitrogen and oxygen atoms in total. The number of aromatic nitrogens is 1. The van der Waals surface area contributed by atoms with Crippen molar-refractivity contribution >= 4 is 34.7 Å². The van der Waals surface area contributed by atoms with Gasteiger partial charge in [-0.1, -0.05) is 11.8 Å². The fourth-order valence-corrected chi connectivity index (χ4v) is 4.42. The number of thiazole rings is 1. The molecule has 0 spiro atoms. The van der Waals surface area contributed by atoms with Crippen molar-refractivity contribution in [2.45, 2.75) is 22.7 Å². The molecule has 164 valence electrons. The number of nitrogens with one attached hydrogen (secondary N) is 1. The van der Waals surface area contributed by atoms with E-state index in [1.165, 1.54) is 35.2 Å². The molecule has 0 unspecified atom stereocenters. The number of hydrogen-bond acceptors (Lipinski definition) is 6. The summed E-state index contributed by atoms with van der Waals surface area (Å²) in [6.07, 6.45) is -4.38. The number of anilines is 1. The van der Waals surface area contributed by atoms with Crippen molar-refractivity contribution in [1.29, 1.82) is 0 Å². The monoisotopic (exact) mass is 468 g/mol. The van der Waals surface area contributed by atoms with Crippen molar-refractivity contribution in [1.82, 2.24) is 4.98 Å². The number of methoxy groups -OCH3 is 2. The molecule has 0 aliphatic rings. The molecular weight excluding hydrogens is 449 g/mol. The molecule has 0 aliphatic heterocycles. The second-order valence-corrected chi connectivity index (χ2v) is 8.49. The number of alkyl halides is 3. The van der Waals surface area contributed by atoms with Crippen LogP contribution in [0.1, 0.15) is 16.8 Å². The summed E-state index contributed by atoms with van der Waals surface area (Å²) in [6.45, 7) is 0. The first-order valence-corrected chi connectivity index (χ1v) is 10.9. The molecule has 0 saturated heterocycles. The van der Waals surface area contributed by atoms with Gasteiger partial charge in [0.15, 0.2) is 0 Å². The maximum atomic E-state index is 12.6. The van der Waals surface area contributed by atoms with Gasteiger partial charge < -0.3 is 14.8 Å². The van der Waals surface area contributed by atoms with Gasteiger partial charge in [0.05, 0.1) is 31.9 Å². The van der Waals surface area contributed by atoms with E-state index in [0.717, 1.165) is 22.0 Å². The highest BCUT2D eigenvalue weighted by molar-refractivity contribution is 8.00. The number of rotatable bonds is 8. The van der Waals surface area contributed by atoms with Gasteiger partial charge in [0.25, 0.3) is 0 Å². The lowest BCUT2D eigenvalue weighted by Crippen LogP contribution is -2.15. The quantitative estimate of drug-likeness (QED) is 0.433. The molecule has 1 aromatic heterocycles. The predicted molar refractivity (Wildman–Crippen MR) is 115 cm³/mol. The van der Waals surface area contributed by atoms with Crippen molar-refractivity contribution < 1.29 is 27.4 Å². The Labute approximate surface area is 185 Å². The molecule has 0 bridgehead atoms. The molecule has 0 saturated carbocycles. The third kappa shape index (κ3) is 6.63. The van der Waals surface area contributed by atoms with Gasteiger partial charge in [0.1, 0.15) is 15.8 Å². The standard InChI is InChI=1S/C21H19F3N2O3S2/c1-28-17-7-13(8-18(10-17)29-2)11-30-20-26-16(12-31-20)9-19(27)25-15-5-3-14(4-6-15)21(22,23)24/h3-8,10,12H,9,11H2,1-2H3,(H,25,27). The third-order valence-corrected chi connectivity index (χ3v) is 6.28. The van der Waals surface area contributed by atoms with Gasteiger partial charge in [-0.05, 0) is 42.0 Å². The molecule has 1 N–H and O–H groups in total. The van der Waals surface area contributed by atoms with Crippen LogP contribution in [-0.2, 0) is 23.1 Å². The highest BCUT2D eigenvalue weighted by Gasteiger charge is 2.30. The molecule has 0 radical (unpaired) electrons. The minimum atomic E-state index is -4.41. The zero-order chi connectivity index (χ0) is 22.4. The van der Waals surface area contributed by atoms with Crippen LogP contribution >= 0.6 is 23.1 Å². The summed E-state index contributed by atoms with van der Waals surface area (Å²) in [4.78, 5) is 16.6. The maximum Gasteiger partial charge on any atom is 0.416 e. The van der Waals surface area contributed by atoms with Crippen LogP contribution < -0.4 is 14.8 Å². The van der Waals surface area contributed by atoms with E-state index in [-0.39, 0.29) is 12.3 Å². The number of carbonyl (C=O) groups is 1. The second kappa shape index (κ2) is 10.1. The van der Waals surface area contributed by atoms with E-state index in [9.17, 15) is 18.0 Å². The lowest BCUT2D eigenvalue weighted by atomic mass is 10.2. The number of nitrogens with zero attached hydrogens (tertiary/aromatic N) is 1. The molecule has 31 heavy (non-hydrogen) atoms. The molecular formula is C21H19F3N2O3S2. The van der Waals surface area contributed by atoms with Crippen molar-refractivity contribution in [2.24, 2.45) is 0 Å². The molecule has 0 fully saturated rings. The van der Waals surface area contributed by atoms with Crippen LogP contribution in [0, 0.1) is 0 Å². The van der Waals surface area contributed by atoms with Gasteiger partial charge in [-0.25, -0.2) is 4.98 Å². The summed E-state index contributed by atoms with van der Waals surface area (Å²) in [7, 11) is 3.18. The smallest absolute Gasteiger partial charge is 0.416 e. The van der Waals surface area contributed by atoms with Gasteiger partial charge in [-0.15, -0.1) is 11.3 Å². The summed E-state index contributed by atoms with van der Waals surface area (Å²) in [5.41, 5.74) is 1.15. The summed E-state index contributed by atoms with van der Waals surface area (Å²) < 4.78 is 49.2. The first-order valence-electron chi connectivity index (χ1n) is 9.03. The van der Waals surface area contributed by atoms with Crippen LogP contribution in [0.25, 0.3) is 0 Å². The molecule has 2 aromatic carbocycles. The summed E-state index contributed by atoms with van der Waals surface area (Å²) in [5, 5.41) is 4.38. The molecule has 3 aromatic rings. The third-order valence-electron chi connectivity index (χ3n) is 4.14. The Kier molecular flexibility index (Phi) is 7.45. The van der Waals surface area contributed by atoms with Crippen LogP contribution in [0.2, 0.25) is 0 Å². The summed E-state index contributed by atoms with van der Waals surface area (Å²) in [6, 6.07) is 9.95. The predicted octanol–water partition coefficient (Wildman–Crippen LogP) is 5.65. The lowest BCUT2D eigenvalue weighted by molar-refractivity contribution is -0.137. The van der Waals surface area contributed by atoms with Crippen LogP contribution in [0.5, 0.6) is 11.5 Å². The van der Waals surface area contributed by atoms with Crippen LogP contribution in [0.4, 0.5) is 18.9 Å². The maximum absolute atomic E-state index is 12.6. The van der Waals surface area contributed by atoms with Crippen LogP contribution in [-0.4, -0.2) is 25.1 Å². The van der Waals surface area contributed by atoms with E-state index >= 15 is 0 Å². The van der Waals surface area contributed by atoms with Crippen LogP contribution in [0.3, 0.4) is 0 Å². The first-order chi connectivity index (χ1) is 14.8. The largest absolute Gasteiger partial charge is 0.497 e. The fourth-order valence-electron chi connectivity index (χ4n) is 2.64. The minimum absolute atomic E-state index is 0.0328. The number of thioether (sulfide) groups is 1. The lowest BCUT2D eigenvalue weighted by Gasteiger charge is -2.08. The van der Waals surface area contributed by atoms with E-state index in [1.54, 1.807) is 25.7 Å². The Bertz CT molecular complexity index is 1010. The normalized spacial score (nSPS) is 11.3. The average molecular weight is 469 g/mol. The molecule has 1 amide bonds.